The highest BCUT2D eigenvalue weighted by Crippen LogP contribution is 2.27. The van der Waals surface area contributed by atoms with Crippen LogP contribution in [0.3, 0.4) is 0 Å². The second-order valence-corrected chi connectivity index (χ2v) is 9.06. The molecule has 0 unspecified atom stereocenters. The van der Waals surface area contributed by atoms with E-state index < -0.39 is 0 Å². The third-order valence-electron chi connectivity index (χ3n) is 5.74. The Morgan fingerprint density at radius 1 is 1.09 bits per heavy atom. The number of fused-ring (bicyclic) bond motifs is 1. The molecule has 162 valence electrons. The molecule has 5 heteroatoms. The summed E-state index contributed by atoms with van der Waals surface area (Å²) in [5.74, 6) is 0.272. The fraction of sp³-hybridized carbons (Fsp3) is 0.222. The summed E-state index contributed by atoms with van der Waals surface area (Å²) in [4.78, 5) is 20.1. The first-order valence-electron chi connectivity index (χ1n) is 11.0. The largest absolute Gasteiger partial charge is 0.272 e. The van der Waals surface area contributed by atoms with Gasteiger partial charge in [-0.3, -0.25) is 4.79 Å². The van der Waals surface area contributed by atoms with Crippen LogP contribution in [0.15, 0.2) is 71.8 Å². The zero-order valence-corrected chi connectivity index (χ0v) is 19.4. The Morgan fingerprint density at radius 2 is 1.88 bits per heavy atom. The Balaban J connectivity index is 1.63. The predicted octanol–water partition coefficient (Wildman–Crippen LogP) is 6.80. The molecule has 0 bridgehead atoms. The molecule has 0 aliphatic rings. The average Bonchev–Trinajstić information content (AvgIpc) is 3.31. The number of hydrogen-bond donors (Lipinski definition) is 1. The van der Waals surface area contributed by atoms with Crippen molar-refractivity contribution >= 4 is 34.4 Å². The van der Waals surface area contributed by atoms with Crippen LogP contribution in [0.5, 0.6) is 0 Å². The first-order valence-corrected chi connectivity index (χ1v) is 11.8. The number of nitrogens with zero attached hydrogens (tertiary/aromatic N) is 2. The number of carbonyl (C=O) groups excluding carboxylic acids is 1. The molecule has 2 aromatic carbocycles. The quantitative estimate of drug-likeness (QED) is 0.253. The van der Waals surface area contributed by atoms with Crippen molar-refractivity contribution in [1.82, 2.24) is 10.4 Å². The Hall–Kier alpha value is -3.31. The Morgan fingerprint density at radius 3 is 2.59 bits per heavy atom. The smallest absolute Gasteiger partial charge is 0.267 e. The maximum atomic E-state index is 13.0. The van der Waals surface area contributed by atoms with Gasteiger partial charge in [0.1, 0.15) is 0 Å². The topological polar surface area (TPSA) is 54.4 Å². The maximum absolute atomic E-state index is 13.0. The number of pyridine rings is 1. The van der Waals surface area contributed by atoms with Gasteiger partial charge < -0.3 is 0 Å². The second kappa shape index (κ2) is 9.88. The van der Waals surface area contributed by atoms with E-state index in [4.69, 9.17) is 4.98 Å². The number of hydrogen-bond acceptors (Lipinski definition) is 4. The van der Waals surface area contributed by atoms with Crippen molar-refractivity contribution in [2.24, 2.45) is 5.10 Å². The summed E-state index contributed by atoms with van der Waals surface area (Å²) in [5.41, 5.74) is 7.12. The lowest BCUT2D eigenvalue weighted by molar-refractivity contribution is 0.0956. The number of para-hydroxylation sites is 1. The third kappa shape index (κ3) is 4.78. The van der Waals surface area contributed by atoms with E-state index in [0.717, 1.165) is 39.9 Å². The van der Waals surface area contributed by atoms with Crippen molar-refractivity contribution in [3.63, 3.8) is 0 Å². The van der Waals surface area contributed by atoms with Gasteiger partial charge in [-0.05, 0) is 48.6 Å². The average molecular weight is 442 g/mol. The van der Waals surface area contributed by atoms with Gasteiger partial charge in [-0.1, -0.05) is 63.2 Å². The molecule has 2 heterocycles. The van der Waals surface area contributed by atoms with E-state index in [1.165, 1.54) is 10.4 Å². The first-order chi connectivity index (χ1) is 15.6. The predicted molar refractivity (Wildman–Crippen MR) is 135 cm³/mol. The fourth-order valence-corrected chi connectivity index (χ4v) is 4.42. The molecule has 1 N–H and O–H groups in total. The van der Waals surface area contributed by atoms with Crippen LogP contribution >= 0.6 is 11.3 Å². The number of hydrazone groups is 1. The van der Waals surface area contributed by atoms with Crippen molar-refractivity contribution in [1.29, 1.82) is 0 Å². The molecule has 0 spiro atoms. The minimum atomic E-state index is -0.246. The van der Waals surface area contributed by atoms with Crippen LogP contribution in [-0.2, 0) is 6.42 Å². The van der Waals surface area contributed by atoms with Gasteiger partial charge in [0.15, 0.2) is 0 Å². The normalized spacial score (nSPS) is 12.3. The molecule has 0 fully saturated rings. The minimum Gasteiger partial charge on any atom is -0.267 e. The summed E-state index contributed by atoms with van der Waals surface area (Å²) in [6.07, 6.45) is 3.79. The first kappa shape index (κ1) is 21.9. The number of benzene rings is 2. The maximum Gasteiger partial charge on any atom is 0.272 e. The molecule has 1 amide bonds. The van der Waals surface area contributed by atoms with Gasteiger partial charge in [0.2, 0.25) is 0 Å². The lowest BCUT2D eigenvalue weighted by atomic mass is 9.96. The molecular weight excluding hydrogens is 414 g/mol. The monoisotopic (exact) mass is 441 g/mol. The van der Waals surface area contributed by atoms with Gasteiger partial charge in [-0.15, -0.1) is 11.3 Å². The van der Waals surface area contributed by atoms with E-state index in [-0.39, 0.29) is 5.91 Å². The molecule has 4 aromatic rings. The van der Waals surface area contributed by atoms with E-state index in [1.807, 2.05) is 36.4 Å². The lowest BCUT2D eigenvalue weighted by Crippen LogP contribution is -2.18. The lowest BCUT2D eigenvalue weighted by Gasteiger charge is -2.11. The van der Waals surface area contributed by atoms with Crippen molar-refractivity contribution in [2.75, 3.05) is 0 Å². The van der Waals surface area contributed by atoms with E-state index in [9.17, 15) is 4.79 Å². The zero-order chi connectivity index (χ0) is 22.5. The van der Waals surface area contributed by atoms with Crippen LogP contribution in [0.25, 0.3) is 22.2 Å². The van der Waals surface area contributed by atoms with E-state index >= 15 is 0 Å². The van der Waals surface area contributed by atoms with Crippen LogP contribution in [-0.4, -0.2) is 17.1 Å². The van der Waals surface area contributed by atoms with Crippen LogP contribution in [0.1, 0.15) is 58.8 Å². The number of amides is 1. The fourth-order valence-electron chi connectivity index (χ4n) is 3.60. The Bertz CT molecular complexity index is 1260. The highest BCUT2D eigenvalue weighted by molar-refractivity contribution is 7.13. The van der Waals surface area contributed by atoms with Gasteiger partial charge >= 0.3 is 0 Å². The molecule has 2 aromatic heterocycles. The summed E-state index contributed by atoms with van der Waals surface area (Å²) >= 11 is 1.68. The van der Waals surface area contributed by atoms with Gasteiger partial charge in [-0.25, -0.2) is 10.4 Å². The molecule has 0 radical (unpaired) electrons. The van der Waals surface area contributed by atoms with E-state index in [0.29, 0.717) is 11.5 Å². The molecule has 0 saturated carbocycles. The molecule has 32 heavy (non-hydrogen) atoms. The van der Waals surface area contributed by atoms with Gasteiger partial charge in [0.25, 0.3) is 5.91 Å². The van der Waals surface area contributed by atoms with Crippen molar-refractivity contribution < 1.29 is 4.79 Å². The standard InChI is InChI=1S/C27H27N3OS/c1-4-18(3)19-10-12-20(13-11-19)26-16-24(23-8-6-7-9-25(23)29-26)27(31)30-28-17-22-15-14-21(5-2)32-22/h6-18H,4-5H2,1-3H3,(H,30,31)/b28-17-/t18-/m1/s1. The molecule has 4 nitrogen and oxygen atoms in total. The van der Waals surface area contributed by atoms with Gasteiger partial charge in [0.05, 0.1) is 23.0 Å². The van der Waals surface area contributed by atoms with Gasteiger partial charge in [-0.2, -0.15) is 5.10 Å². The molecule has 0 aliphatic heterocycles. The number of carbonyl (C=O) groups is 1. The second-order valence-electron chi connectivity index (χ2n) is 7.86. The summed E-state index contributed by atoms with van der Waals surface area (Å²) in [5, 5.41) is 4.99. The van der Waals surface area contributed by atoms with Crippen molar-refractivity contribution in [3.05, 3.63) is 87.6 Å². The van der Waals surface area contributed by atoms with E-state index in [1.54, 1.807) is 17.6 Å². The SMILES string of the molecule is CCc1ccc(/C=N\NC(=O)c2cc(-c3ccc([C@H](C)CC)cc3)nc3ccccc23)s1. The third-order valence-corrected chi connectivity index (χ3v) is 6.90. The number of nitrogens with one attached hydrogen (secondary N) is 1. The van der Waals surface area contributed by atoms with Crippen LogP contribution in [0.2, 0.25) is 0 Å². The van der Waals surface area contributed by atoms with Crippen molar-refractivity contribution in [3.8, 4) is 11.3 Å². The zero-order valence-electron chi connectivity index (χ0n) is 18.6. The van der Waals surface area contributed by atoms with Gasteiger partial charge in [0, 0.05) is 20.7 Å². The summed E-state index contributed by atoms with van der Waals surface area (Å²) in [6.45, 7) is 6.54. The number of aromatic nitrogens is 1. The Kier molecular flexibility index (Phi) is 6.76. The van der Waals surface area contributed by atoms with E-state index in [2.05, 4.69) is 61.6 Å². The molecule has 0 aliphatic carbocycles. The summed E-state index contributed by atoms with van der Waals surface area (Å²) in [6, 6.07) is 22.1. The molecule has 4 rings (SSSR count). The Labute approximate surface area is 193 Å². The number of aryl methyl sites for hydroxylation is 1. The van der Waals surface area contributed by atoms with Crippen molar-refractivity contribution in [2.45, 2.75) is 39.5 Å². The summed E-state index contributed by atoms with van der Waals surface area (Å²) in [7, 11) is 0. The summed E-state index contributed by atoms with van der Waals surface area (Å²) < 4.78 is 0. The number of thiophene rings is 1. The highest BCUT2D eigenvalue weighted by Gasteiger charge is 2.14. The molecular formula is C27H27N3OS. The molecule has 1 atom stereocenters. The highest BCUT2D eigenvalue weighted by atomic mass is 32.1. The number of rotatable bonds is 7. The van der Waals surface area contributed by atoms with Crippen LogP contribution < -0.4 is 5.43 Å². The van der Waals surface area contributed by atoms with Crippen LogP contribution in [0, 0.1) is 0 Å². The molecule has 0 saturated heterocycles. The minimum absolute atomic E-state index is 0.246. The van der Waals surface area contributed by atoms with Crippen LogP contribution in [0.4, 0.5) is 0 Å².